The van der Waals surface area contributed by atoms with Crippen LogP contribution < -0.4 is 11.1 Å². The van der Waals surface area contributed by atoms with Crippen LogP contribution in [0.5, 0.6) is 0 Å². The first-order chi connectivity index (χ1) is 11.9. The number of anilines is 1. The van der Waals surface area contributed by atoms with Gasteiger partial charge in [0.05, 0.1) is 6.54 Å². The van der Waals surface area contributed by atoms with Gasteiger partial charge in [0.15, 0.2) is 0 Å². The van der Waals surface area contributed by atoms with E-state index in [4.69, 9.17) is 5.73 Å². The minimum Gasteiger partial charge on any atom is -0.336 e. The zero-order valence-electron chi connectivity index (χ0n) is 15.4. The van der Waals surface area contributed by atoms with Gasteiger partial charge < -0.3 is 16.0 Å². The molecule has 5 nitrogen and oxygen atoms in total. The molecule has 0 heterocycles. The smallest absolute Gasteiger partial charge is 0.243 e. The lowest BCUT2D eigenvalue weighted by molar-refractivity contribution is -0.133. The number of halogens is 1. The summed E-state index contributed by atoms with van der Waals surface area (Å²) in [5, 5.41) is 2.89. The lowest BCUT2D eigenvalue weighted by Gasteiger charge is -2.20. The summed E-state index contributed by atoms with van der Waals surface area (Å²) in [6.45, 7) is 3.88. The van der Waals surface area contributed by atoms with Gasteiger partial charge >= 0.3 is 0 Å². The van der Waals surface area contributed by atoms with Crippen molar-refractivity contribution in [3.05, 3.63) is 65.2 Å². The first-order valence-corrected chi connectivity index (χ1v) is 8.29. The van der Waals surface area contributed by atoms with E-state index in [0.29, 0.717) is 0 Å². The third kappa shape index (κ3) is 5.86. The summed E-state index contributed by atoms with van der Waals surface area (Å²) in [6, 6.07) is 14.9. The standard InChI is InChI=1S/C20H25N3O2.ClH/c1-14-8-7-9-15(2)20(14)22-18(24)13-23(3)19(25)12-17(21)16-10-5-4-6-11-16;/h4-11,17H,12-13,21H2,1-3H3,(H,22,24);1H. The molecule has 0 bridgehead atoms. The average molecular weight is 376 g/mol. The molecule has 2 aromatic carbocycles. The van der Waals surface area contributed by atoms with Crippen molar-refractivity contribution in [2.75, 3.05) is 18.9 Å². The Kier molecular flexibility index (Phi) is 8.29. The molecule has 0 spiro atoms. The van der Waals surface area contributed by atoms with E-state index in [9.17, 15) is 9.59 Å². The second-order valence-electron chi connectivity index (χ2n) is 6.29. The minimum atomic E-state index is -0.377. The Bertz CT molecular complexity index is 730. The number of carbonyl (C=O) groups is 2. The number of hydrogen-bond acceptors (Lipinski definition) is 3. The lowest BCUT2D eigenvalue weighted by atomic mass is 10.0. The van der Waals surface area contributed by atoms with Crippen LogP contribution in [0.4, 0.5) is 5.69 Å². The van der Waals surface area contributed by atoms with Crippen molar-refractivity contribution in [3.8, 4) is 0 Å². The average Bonchev–Trinajstić information content (AvgIpc) is 2.59. The van der Waals surface area contributed by atoms with Crippen molar-refractivity contribution in [2.45, 2.75) is 26.3 Å². The molecule has 2 aromatic rings. The molecule has 3 N–H and O–H groups in total. The normalized spacial score (nSPS) is 11.2. The topological polar surface area (TPSA) is 75.4 Å². The van der Waals surface area contributed by atoms with Gasteiger partial charge in [0.2, 0.25) is 11.8 Å². The van der Waals surface area contributed by atoms with Crippen LogP contribution in [-0.2, 0) is 9.59 Å². The monoisotopic (exact) mass is 375 g/mol. The predicted molar refractivity (Wildman–Crippen MR) is 107 cm³/mol. The SMILES string of the molecule is Cc1cccc(C)c1NC(=O)CN(C)C(=O)CC(N)c1ccccc1.Cl. The number of amides is 2. The van der Waals surface area contributed by atoms with Crippen molar-refractivity contribution in [1.29, 1.82) is 0 Å². The fourth-order valence-electron chi connectivity index (χ4n) is 2.66. The third-order valence-corrected chi connectivity index (χ3v) is 4.17. The molecule has 0 saturated carbocycles. The predicted octanol–water partition coefficient (Wildman–Crippen LogP) is 3.21. The molecule has 0 saturated heterocycles. The van der Waals surface area contributed by atoms with Gasteiger partial charge in [0.1, 0.15) is 0 Å². The molecule has 140 valence electrons. The molecule has 0 fully saturated rings. The third-order valence-electron chi connectivity index (χ3n) is 4.17. The van der Waals surface area contributed by atoms with Gasteiger partial charge in [-0.15, -0.1) is 12.4 Å². The van der Waals surface area contributed by atoms with Crippen LogP contribution in [0.1, 0.15) is 29.2 Å². The maximum absolute atomic E-state index is 12.3. The van der Waals surface area contributed by atoms with Crippen molar-refractivity contribution in [1.82, 2.24) is 4.90 Å². The zero-order valence-corrected chi connectivity index (χ0v) is 16.2. The van der Waals surface area contributed by atoms with E-state index in [1.807, 2.05) is 62.4 Å². The molecule has 1 atom stereocenters. The maximum Gasteiger partial charge on any atom is 0.243 e. The number of hydrogen-bond donors (Lipinski definition) is 2. The summed E-state index contributed by atoms with van der Waals surface area (Å²) >= 11 is 0. The number of likely N-dealkylation sites (N-methyl/N-ethyl adjacent to an activating group) is 1. The van der Waals surface area contributed by atoms with E-state index in [0.717, 1.165) is 22.4 Å². The second-order valence-corrected chi connectivity index (χ2v) is 6.29. The van der Waals surface area contributed by atoms with Gasteiger partial charge in [-0.3, -0.25) is 9.59 Å². The Hall–Kier alpha value is -2.37. The highest BCUT2D eigenvalue weighted by Crippen LogP contribution is 2.19. The zero-order chi connectivity index (χ0) is 18.4. The molecule has 1 unspecified atom stereocenters. The van der Waals surface area contributed by atoms with E-state index >= 15 is 0 Å². The number of nitrogens with one attached hydrogen (secondary N) is 1. The summed E-state index contributed by atoms with van der Waals surface area (Å²) in [4.78, 5) is 26.0. The van der Waals surface area contributed by atoms with Crippen LogP contribution in [0.3, 0.4) is 0 Å². The largest absolute Gasteiger partial charge is 0.336 e. The molecule has 2 amide bonds. The van der Waals surface area contributed by atoms with Crippen LogP contribution in [0.15, 0.2) is 48.5 Å². The number of rotatable bonds is 6. The van der Waals surface area contributed by atoms with Crippen molar-refractivity contribution in [2.24, 2.45) is 5.73 Å². The first kappa shape index (κ1) is 21.7. The fourth-order valence-corrected chi connectivity index (χ4v) is 2.66. The molecular formula is C20H26ClN3O2. The summed E-state index contributed by atoms with van der Waals surface area (Å²) in [5.74, 6) is -0.380. The van der Waals surface area contributed by atoms with Gasteiger partial charge in [0, 0.05) is 25.2 Å². The van der Waals surface area contributed by atoms with Gasteiger partial charge in [-0.25, -0.2) is 0 Å². The number of carbonyl (C=O) groups excluding carboxylic acids is 2. The number of nitrogens with zero attached hydrogens (tertiary/aromatic N) is 1. The Morgan fingerprint density at radius 3 is 2.19 bits per heavy atom. The number of para-hydroxylation sites is 1. The highest BCUT2D eigenvalue weighted by molar-refractivity contribution is 5.95. The molecule has 0 radical (unpaired) electrons. The van der Waals surface area contributed by atoms with E-state index < -0.39 is 0 Å². The van der Waals surface area contributed by atoms with Crippen molar-refractivity contribution in [3.63, 3.8) is 0 Å². The van der Waals surface area contributed by atoms with Crippen LogP contribution in [-0.4, -0.2) is 30.3 Å². The van der Waals surface area contributed by atoms with E-state index in [1.165, 1.54) is 4.90 Å². The molecule has 6 heteroatoms. The van der Waals surface area contributed by atoms with E-state index in [-0.39, 0.29) is 43.2 Å². The summed E-state index contributed by atoms with van der Waals surface area (Å²) in [6.07, 6.45) is 0.164. The molecule has 26 heavy (non-hydrogen) atoms. The van der Waals surface area contributed by atoms with Crippen LogP contribution in [0.25, 0.3) is 0 Å². The quantitative estimate of drug-likeness (QED) is 0.814. The van der Waals surface area contributed by atoms with Crippen LogP contribution in [0, 0.1) is 13.8 Å². The van der Waals surface area contributed by atoms with Gasteiger partial charge in [0.25, 0.3) is 0 Å². The molecule has 2 rings (SSSR count). The molecule has 0 aliphatic heterocycles. The number of aryl methyl sites for hydroxylation is 2. The van der Waals surface area contributed by atoms with Gasteiger partial charge in [-0.2, -0.15) is 0 Å². The Balaban J connectivity index is 0.00000338. The fraction of sp³-hybridized carbons (Fsp3) is 0.300. The number of benzene rings is 2. The van der Waals surface area contributed by atoms with Gasteiger partial charge in [-0.05, 0) is 30.5 Å². The summed E-state index contributed by atoms with van der Waals surface area (Å²) < 4.78 is 0. The Morgan fingerprint density at radius 1 is 1.04 bits per heavy atom. The molecule has 0 aliphatic carbocycles. The number of nitrogens with two attached hydrogens (primary N) is 1. The van der Waals surface area contributed by atoms with Crippen LogP contribution in [0.2, 0.25) is 0 Å². The summed E-state index contributed by atoms with van der Waals surface area (Å²) in [7, 11) is 1.62. The first-order valence-electron chi connectivity index (χ1n) is 8.29. The van der Waals surface area contributed by atoms with Crippen molar-refractivity contribution < 1.29 is 9.59 Å². The molecular weight excluding hydrogens is 350 g/mol. The second kappa shape index (κ2) is 9.94. The molecule has 0 aliphatic rings. The highest BCUT2D eigenvalue weighted by atomic mass is 35.5. The Morgan fingerprint density at radius 2 is 1.62 bits per heavy atom. The van der Waals surface area contributed by atoms with Gasteiger partial charge in [-0.1, -0.05) is 48.5 Å². The van der Waals surface area contributed by atoms with Crippen molar-refractivity contribution >= 4 is 29.9 Å². The van der Waals surface area contributed by atoms with E-state index in [2.05, 4.69) is 5.32 Å². The lowest BCUT2D eigenvalue weighted by Crippen LogP contribution is -2.36. The van der Waals surface area contributed by atoms with Crippen LogP contribution >= 0.6 is 12.4 Å². The molecule has 0 aromatic heterocycles. The Labute approximate surface area is 161 Å². The minimum absolute atomic E-state index is 0. The van der Waals surface area contributed by atoms with E-state index in [1.54, 1.807) is 7.05 Å². The highest BCUT2D eigenvalue weighted by Gasteiger charge is 2.18. The summed E-state index contributed by atoms with van der Waals surface area (Å²) in [5.41, 5.74) is 9.77. The maximum atomic E-state index is 12.3.